The van der Waals surface area contributed by atoms with Crippen molar-refractivity contribution >= 4 is 17.4 Å². The molecule has 10 heteroatoms. The quantitative estimate of drug-likeness (QED) is 0.602. The molecule has 0 aliphatic carbocycles. The van der Waals surface area contributed by atoms with Crippen molar-refractivity contribution in [2.24, 2.45) is 20.0 Å². The maximum atomic E-state index is 12.7. The SMILES string of the molecule is COc1ccc(N2CCN(CCNC(=O)C3CCN(c4cc(=O)n(C)c(=O)n4C)CC3)CC2)cc1. The number of nitrogens with zero attached hydrogens (tertiary/aromatic N) is 5. The van der Waals surface area contributed by atoms with Crippen molar-refractivity contribution in [3.05, 3.63) is 51.2 Å². The molecule has 1 amide bonds. The summed E-state index contributed by atoms with van der Waals surface area (Å²) in [5, 5.41) is 3.11. The molecule has 4 rings (SSSR count). The predicted octanol–water partition coefficient (Wildman–Crippen LogP) is 0.247. The third-order valence-electron chi connectivity index (χ3n) is 7.23. The lowest BCUT2D eigenvalue weighted by Gasteiger charge is -2.36. The zero-order valence-electron chi connectivity index (χ0n) is 20.9. The number of piperidine rings is 1. The van der Waals surface area contributed by atoms with Crippen molar-refractivity contribution in [1.82, 2.24) is 19.4 Å². The molecule has 2 aromatic rings. The van der Waals surface area contributed by atoms with Crippen LogP contribution in [0.2, 0.25) is 0 Å². The molecule has 1 aromatic carbocycles. The fourth-order valence-electron chi connectivity index (χ4n) is 4.90. The van der Waals surface area contributed by atoms with Crippen molar-refractivity contribution in [3.8, 4) is 5.75 Å². The molecule has 0 radical (unpaired) electrons. The Bertz CT molecular complexity index is 1130. The Morgan fingerprint density at radius 2 is 1.60 bits per heavy atom. The number of hydrogen-bond donors (Lipinski definition) is 1. The maximum Gasteiger partial charge on any atom is 0.332 e. The molecule has 0 unspecified atom stereocenters. The number of hydrogen-bond acceptors (Lipinski definition) is 7. The summed E-state index contributed by atoms with van der Waals surface area (Å²) in [7, 11) is 4.83. The van der Waals surface area contributed by atoms with Crippen LogP contribution in [0.15, 0.2) is 39.9 Å². The van der Waals surface area contributed by atoms with E-state index in [1.165, 1.54) is 23.4 Å². The van der Waals surface area contributed by atoms with Crippen LogP contribution in [0.3, 0.4) is 0 Å². The Balaban J connectivity index is 1.18. The minimum Gasteiger partial charge on any atom is -0.497 e. The van der Waals surface area contributed by atoms with E-state index in [0.717, 1.165) is 43.0 Å². The van der Waals surface area contributed by atoms with Crippen LogP contribution in [0.25, 0.3) is 0 Å². The average Bonchev–Trinajstić information content (AvgIpc) is 2.90. The van der Waals surface area contributed by atoms with Crippen LogP contribution in [0.4, 0.5) is 11.5 Å². The number of rotatable bonds is 7. The van der Waals surface area contributed by atoms with Crippen molar-refractivity contribution in [3.63, 3.8) is 0 Å². The first kappa shape index (κ1) is 24.8. The average molecular weight is 485 g/mol. The van der Waals surface area contributed by atoms with Crippen molar-refractivity contribution < 1.29 is 9.53 Å². The number of amides is 1. The van der Waals surface area contributed by atoms with E-state index >= 15 is 0 Å². The highest BCUT2D eigenvalue weighted by molar-refractivity contribution is 5.79. The Kier molecular flexibility index (Phi) is 7.80. The first-order valence-corrected chi connectivity index (χ1v) is 12.3. The smallest absolute Gasteiger partial charge is 0.332 e. The predicted molar refractivity (Wildman–Crippen MR) is 137 cm³/mol. The van der Waals surface area contributed by atoms with Crippen LogP contribution < -0.4 is 31.1 Å². The molecular formula is C25H36N6O4. The third kappa shape index (κ3) is 5.70. The van der Waals surface area contributed by atoms with Crippen LogP contribution >= 0.6 is 0 Å². The highest BCUT2D eigenvalue weighted by atomic mass is 16.5. The topological polar surface area (TPSA) is 92.1 Å². The highest BCUT2D eigenvalue weighted by Gasteiger charge is 2.26. The van der Waals surface area contributed by atoms with Crippen molar-refractivity contribution in [1.29, 1.82) is 0 Å². The number of piperazine rings is 1. The summed E-state index contributed by atoms with van der Waals surface area (Å²) in [6.45, 7) is 6.64. The molecule has 35 heavy (non-hydrogen) atoms. The van der Waals surface area contributed by atoms with Gasteiger partial charge in [0, 0.05) is 84.1 Å². The second-order valence-electron chi connectivity index (χ2n) is 9.32. The lowest BCUT2D eigenvalue weighted by atomic mass is 9.96. The van der Waals surface area contributed by atoms with Crippen LogP contribution in [0.5, 0.6) is 5.75 Å². The van der Waals surface area contributed by atoms with Crippen LogP contribution in [-0.2, 0) is 18.9 Å². The van der Waals surface area contributed by atoms with Gasteiger partial charge in [-0.3, -0.25) is 23.6 Å². The summed E-state index contributed by atoms with van der Waals surface area (Å²) in [6, 6.07) is 9.66. The number of carbonyl (C=O) groups is 1. The van der Waals surface area contributed by atoms with E-state index in [1.54, 1.807) is 14.2 Å². The second-order valence-corrected chi connectivity index (χ2v) is 9.32. The van der Waals surface area contributed by atoms with Gasteiger partial charge in [0.15, 0.2) is 0 Å². The lowest BCUT2D eigenvalue weighted by Crippen LogP contribution is -2.49. The summed E-state index contributed by atoms with van der Waals surface area (Å²) in [4.78, 5) is 43.8. The van der Waals surface area contributed by atoms with Crippen LogP contribution in [0.1, 0.15) is 12.8 Å². The van der Waals surface area contributed by atoms with Crippen LogP contribution in [0, 0.1) is 5.92 Å². The third-order valence-corrected chi connectivity index (χ3v) is 7.23. The molecule has 190 valence electrons. The molecule has 0 saturated carbocycles. The van der Waals surface area contributed by atoms with Gasteiger partial charge in [-0.2, -0.15) is 0 Å². The molecule has 2 aliphatic rings. The molecule has 0 atom stereocenters. The second kappa shape index (κ2) is 11.0. The van der Waals surface area contributed by atoms with Crippen molar-refractivity contribution in [2.45, 2.75) is 12.8 Å². The molecule has 3 heterocycles. The Labute approximate surface area is 205 Å². The Morgan fingerprint density at radius 1 is 0.943 bits per heavy atom. The zero-order chi connectivity index (χ0) is 24.9. The van der Waals surface area contributed by atoms with Gasteiger partial charge in [-0.05, 0) is 37.1 Å². The van der Waals surface area contributed by atoms with Gasteiger partial charge in [0.25, 0.3) is 5.56 Å². The first-order valence-electron chi connectivity index (χ1n) is 12.3. The molecule has 1 N–H and O–H groups in total. The fraction of sp³-hybridized carbons (Fsp3) is 0.560. The van der Waals surface area contributed by atoms with Gasteiger partial charge >= 0.3 is 5.69 Å². The van der Waals surface area contributed by atoms with E-state index in [4.69, 9.17) is 4.74 Å². The molecule has 0 spiro atoms. The Hall–Kier alpha value is -3.27. The largest absolute Gasteiger partial charge is 0.497 e. The summed E-state index contributed by atoms with van der Waals surface area (Å²) in [6.07, 6.45) is 1.41. The van der Waals surface area contributed by atoms with Gasteiger partial charge in [0.2, 0.25) is 5.91 Å². The van der Waals surface area contributed by atoms with E-state index in [-0.39, 0.29) is 23.1 Å². The minimum absolute atomic E-state index is 0.0401. The standard InChI is InChI=1S/C25H36N6O4/c1-27-22(18-23(32)28(2)25(27)34)31-11-8-19(9-12-31)24(33)26-10-13-29-14-16-30(17-15-29)20-4-6-21(35-3)7-5-20/h4-7,18-19H,8-17H2,1-3H3,(H,26,33). The molecule has 0 bridgehead atoms. The number of aromatic nitrogens is 2. The molecule has 2 saturated heterocycles. The van der Waals surface area contributed by atoms with Gasteiger partial charge in [-0.1, -0.05) is 0 Å². The molecule has 2 fully saturated rings. The lowest BCUT2D eigenvalue weighted by molar-refractivity contribution is -0.125. The molecular weight excluding hydrogens is 448 g/mol. The normalized spacial score (nSPS) is 17.5. The summed E-state index contributed by atoms with van der Waals surface area (Å²) >= 11 is 0. The summed E-state index contributed by atoms with van der Waals surface area (Å²) < 4.78 is 7.83. The summed E-state index contributed by atoms with van der Waals surface area (Å²) in [5.74, 6) is 1.54. The van der Waals surface area contributed by atoms with Gasteiger partial charge in [0.05, 0.1) is 7.11 Å². The van der Waals surface area contributed by atoms with Gasteiger partial charge in [0.1, 0.15) is 11.6 Å². The number of methoxy groups -OCH3 is 1. The Morgan fingerprint density at radius 3 is 2.23 bits per heavy atom. The number of anilines is 2. The number of benzene rings is 1. The van der Waals surface area contributed by atoms with Gasteiger partial charge in [-0.25, -0.2) is 4.79 Å². The number of carbonyl (C=O) groups excluding carboxylic acids is 1. The fourth-order valence-corrected chi connectivity index (χ4v) is 4.90. The first-order chi connectivity index (χ1) is 16.9. The van der Waals surface area contributed by atoms with E-state index < -0.39 is 0 Å². The zero-order valence-corrected chi connectivity index (χ0v) is 20.9. The number of nitrogens with one attached hydrogen (secondary N) is 1. The van der Waals surface area contributed by atoms with Crippen molar-refractivity contribution in [2.75, 3.05) is 69.3 Å². The van der Waals surface area contributed by atoms with E-state index in [2.05, 4.69) is 27.2 Å². The van der Waals surface area contributed by atoms with E-state index in [1.807, 2.05) is 17.0 Å². The number of ether oxygens (including phenoxy) is 1. The van der Waals surface area contributed by atoms with Gasteiger partial charge in [-0.15, -0.1) is 0 Å². The van der Waals surface area contributed by atoms with Gasteiger partial charge < -0.3 is 19.9 Å². The summed E-state index contributed by atoms with van der Waals surface area (Å²) in [5.41, 5.74) is 0.561. The molecule has 10 nitrogen and oxygen atoms in total. The van der Waals surface area contributed by atoms with E-state index in [0.29, 0.717) is 38.3 Å². The van der Waals surface area contributed by atoms with Crippen LogP contribution in [-0.4, -0.2) is 79.4 Å². The monoisotopic (exact) mass is 484 g/mol. The minimum atomic E-state index is -0.336. The molecule has 2 aliphatic heterocycles. The highest BCUT2D eigenvalue weighted by Crippen LogP contribution is 2.22. The maximum absolute atomic E-state index is 12.7. The van der Waals surface area contributed by atoms with E-state index in [9.17, 15) is 14.4 Å². The molecule has 1 aromatic heterocycles.